The zero-order valence-corrected chi connectivity index (χ0v) is 14.0. The van der Waals surface area contributed by atoms with E-state index >= 15 is 0 Å². The maximum absolute atomic E-state index is 12.6. The first-order valence-corrected chi connectivity index (χ1v) is 8.63. The number of hydrogen-bond acceptors (Lipinski definition) is 4. The number of hydrogen-bond donors (Lipinski definition) is 1. The van der Waals surface area contributed by atoms with Crippen LogP contribution in [0.3, 0.4) is 0 Å². The zero-order chi connectivity index (χ0) is 15.5. The normalized spacial score (nSPS) is 14.4. The van der Waals surface area contributed by atoms with E-state index in [0.29, 0.717) is 17.1 Å². The molecule has 1 aromatic heterocycles. The fourth-order valence-electron chi connectivity index (χ4n) is 2.59. The summed E-state index contributed by atoms with van der Waals surface area (Å²) in [6, 6.07) is 5.42. The molecule has 1 aliphatic rings. The Morgan fingerprint density at radius 1 is 1.41 bits per heavy atom. The molecule has 1 saturated heterocycles. The molecule has 1 N–H and O–H groups in total. The summed E-state index contributed by atoms with van der Waals surface area (Å²) in [5.41, 5.74) is 2.48. The van der Waals surface area contributed by atoms with E-state index in [4.69, 9.17) is 11.6 Å². The van der Waals surface area contributed by atoms with Gasteiger partial charge in [0.25, 0.3) is 5.91 Å². The van der Waals surface area contributed by atoms with Gasteiger partial charge in [-0.2, -0.15) is 0 Å². The van der Waals surface area contributed by atoms with E-state index in [1.807, 2.05) is 23.3 Å². The SMILES string of the molecule is Cc1csc(CNc2ccc(Cl)cc2C(=O)N2CCCC2)n1. The molecule has 6 heteroatoms. The number of carbonyl (C=O) groups is 1. The predicted molar refractivity (Wildman–Crippen MR) is 90.8 cm³/mol. The first-order chi connectivity index (χ1) is 10.6. The molecule has 1 fully saturated rings. The van der Waals surface area contributed by atoms with Crippen molar-refractivity contribution < 1.29 is 4.79 Å². The van der Waals surface area contributed by atoms with Crippen molar-refractivity contribution in [3.8, 4) is 0 Å². The van der Waals surface area contributed by atoms with Crippen LogP contribution >= 0.6 is 22.9 Å². The van der Waals surface area contributed by atoms with Crippen LogP contribution in [0.5, 0.6) is 0 Å². The Hall–Kier alpha value is -1.59. The maximum Gasteiger partial charge on any atom is 0.256 e. The van der Waals surface area contributed by atoms with E-state index in [1.54, 1.807) is 23.5 Å². The second kappa shape index (κ2) is 6.67. The van der Waals surface area contributed by atoms with E-state index in [-0.39, 0.29) is 5.91 Å². The van der Waals surface area contributed by atoms with Crippen molar-refractivity contribution >= 4 is 34.5 Å². The molecule has 0 unspecified atom stereocenters. The lowest BCUT2D eigenvalue weighted by molar-refractivity contribution is 0.0793. The van der Waals surface area contributed by atoms with Gasteiger partial charge in [-0.15, -0.1) is 11.3 Å². The molecule has 1 aromatic carbocycles. The van der Waals surface area contributed by atoms with Crippen LogP contribution in [0.2, 0.25) is 5.02 Å². The lowest BCUT2D eigenvalue weighted by atomic mass is 10.1. The van der Waals surface area contributed by atoms with Crippen molar-refractivity contribution in [3.05, 3.63) is 44.9 Å². The fourth-order valence-corrected chi connectivity index (χ4v) is 3.48. The average Bonchev–Trinajstić information content (AvgIpc) is 3.16. The molecule has 1 amide bonds. The Morgan fingerprint density at radius 3 is 2.86 bits per heavy atom. The van der Waals surface area contributed by atoms with E-state index in [9.17, 15) is 4.79 Å². The monoisotopic (exact) mass is 335 g/mol. The number of anilines is 1. The molecule has 0 aliphatic carbocycles. The van der Waals surface area contributed by atoms with Crippen molar-refractivity contribution in [2.24, 2.45) is 0 Å². The lowest BCUT2D eigenvalue weighted by Crippen LogP contribution is -2.28. The van der Waals surface area contributed by atoms with Crippen LogP contribution in [-0.4, -0.2) is 28.9 Å². The molecule has 0 radical (unpaired) electrons. The smallest absolute Gasteiger partial charge is 0.256 e. The number of nitrogens with one attached hydrogen (secondary N) is 1. The number of benzene rings is 1. The highest BCUT2D eigenvalue weighted by Crippen LogP contribution is 2.25. The van der Waals surface area contributed by atoms with Crippen LogP contribution < -0.4 is 5.32 Å². The number of thiazole rings is 1. The van der Waals surface area contributed by atoms with Gasteiger partial charge in [0.15, 0.2) is 0 Å². The number of aryl methyl sites for hydroxylation is 1. The third kappa shape index (κ3) is 3.42. The standard InChI is InChI=1S/C16H18ClN3OS/c1-11-10-22-15(19-11)9-18-14-5-4-12(17)8-13(14)16(21)20-6-2-3-7-20/h4-5,8,10,18H,2-3,6-7,9H2,1H3. The summed E-state index contributed by atoms with van der Waals surface area (Å²) >= 11 is 7.70. The zero-order valence-electron chi connectivity index (χ0n) is 12.4. The van der Waals surface area contributed by atoms with Crippen LogP contribution in [0.15, 0.2) is 23.6 Å². The molecule has 3 rings (SSSR count). The van der Waals surface area contributed by atoms with Gasteiger partial charge in [-0.05, 0) is 38.0 Å². The Labute approximate surface area is 139 Å². The molecule has 4 nitrogen and oxygen atoms in total. The fraction of sp³-hybridized carbons (Fsp3) is 0.375. The summed E-state index contributed by atoms with van der Waals surface area (Å²) in [4.78, 5) is 19.0. The van der Waals surface area contributed by atoms with Crippen LogP contribution in [0, 0.1) is 6.92 Å². The molecule has 0 spiro atoms. The highest BCUT2D eigenvalue weighted by Gasteiger charge is 2.22. The Kier molecular flexibility index (Phi) is 4.64. The Bertz CT molecular complexity index is 680. The third-order valence-corrected chi connectivity index (χ3v) is 4.90. The third-order valence-electron chi connectivity index (χ3n) is 3.70. The van der Waals surface area contributed by atoms with Gasteiger partial charge < -0.3 is 10.2 Å². The minimum Gasteiger partial charge on any atom is -0.378 e. The van der Waals surface area contributed by atoms with Crippen LogP contribution in [-0.2, 0) is 6.54 Å². The van der Waals surface area contributed by atoms with Gasteiger partial charge >= 0.3 is 0 Å². The quantitative estimate of drug-likeness (QED) is 0.920. The Morgan fingerprint density at radius 2 is 2.18 bits per heavy atom. The second-order valence-corrected chi connectivity index (χ2v) is 6.80. The summed E-state index contributed by atoms with van der Waals surface area (Å²) in [7, 11) is 0. The van der Waals surface area contributed by atoms with Crippen LogP contribution in [0.25, 0.3) is 0 Å². The highest BCUT2D eigenvalue weighted by atomic mass is 35.5. The molecule has 1 aliphatic heterocycles. The lowest BCUT2D eigenvalue weighted by Gasteiger charge is -2.18. The second-order valence-electron chi connectivity index (χ2n) is 5.43. The van der Waals surface area contributed by atoms with Crippen LogP contribution in [0.1, 0.15) is 33.9 Å². The number of carbonyl (C=O) groups excluding carboxylic acids is 1. The topological polar surface area (TPSA) is 45.2 Å². The van der Waals surface area contributed by atoms with Crippen LogP contribution in [0.4, 0.5) is 5.69 Å². The summed E-state index contributed by atoms with van der Waals surface area (Å²) in [5, 5.41) is 6.93. The van der Waals surface area contributed by atoms with E-state index in [1.165, 1.54) is 0 Å². The van der Waals surface area contributed by atoms with Gasteiger partial charge in [-0.3, -0.25) is 4.79 Å². The number of rotatable bonds is 4. The summed E-state index contributed by atoms with van der Waals surface area (Å²) in [6.07, 6.45) is 2.15. The minimum absolute atomic E-state index is 0.0535. The molecule has 2 aromatic rings. The highest BCUT2D eigenvalue weighted by molar-refractivity contribution is 7.09. The molecular formula is C16H18ClN3OS. The first-order valence-electron chi connectivity index (χ1n) is 7.37. The number of likely N-dealkylation sites (tertiary alicyclic amines) is 1. The van der Waals surface area contributed by atoms with Gasteiger partial charge in [0.2, 0.25) is 0 Å². The van der Waals surface area contributed by atoms with Gasteiger partial charge in [-0.25, -0.2) is 4.98 Å². The maximum atomic E-state index is 12.6. The Balaban J connectivity index is 1.79. The molecule has 22 heavy (non-hydrogen) atoms. The van der Waals surface area contributed by atoms with Crippen molar-refractivity contribution in [2.45, 2.75) is 26.3 Å². The van der Waals surface area contributed by atoms with Gasteiger partial charge in [0.05, 0.1) is 12.1 Å². The predicted octanol–water partition coefficient (Wildman–Crippen LogP) is 3.95. The molecular weight excluding hydrogens is 318 g/mol. The van der Waals surface area contributed by atoms with E-state index in [2.05, 4.69) is 10.3 Å². The first kappa shape index (κ1) is 15.3. The van der Waals surface area contributed by atoms with E-state index < -0.39 is 0 Å². The van der Waals surface area contributed by atoms with Crippen molar-refractivity contribution in [1.29, 1.82) is 0 Å². The number of halogens is 1. The molecule has 116 valence electrons. The molecule has 0 bridgehead atoms. The summed E-state index contributed by atoms with van der Waals surface area (Å²) in [6.45, 7) is 4.25. The molecule has 0 atom stereocenters. The summed E-state index contributed by atoms with van der Waals surface area (Å²) in [5.74, 6) is 0.0535. The minimum atomic E-state index is 0.0535. The van der Waals surface area contributed by atoms with Crippen molar-refractivity contribution in [1.82, 2.24) is 9.88 Å². The van der Waals surface area contributed by atoms with Gasteiger partial charge in [0, 0.05) is 34.9 Å². The number of nitrogens with zero attached hydrogens (tertiary/aromatic N) is 2. The van der Waals surface area contributed by atoms with Crippen molar-refractivity contribution in [3.63, 3.8) is 0 Å². The van der Waals surface area contributed by atoms with Gasteiger partial charge in [-0.1, -0.05) is 11.6 Å². The largest absolute Gasteiger partial charge is 0.378 e. The van der Waals surface area contributed by atoms with E-state index in [0.717, 1.165) is 42.3 Å². The molecule has 2 heterocycles. The van der Waals surface area contributed by atoms with Crippen molar-refractivity contribution in [2.75, 3.05) is 18.4 Å². The summed E-state index contributed by atoms with van der Waals surface area (Å²) < 4.78 is 0. The molecule has 0 saturated carbocycles. The number of amides is 1. The van der Waals surface area contributed by atoms with Gasteiger partial charge in [0.1, 0.15) is 5.01 Å². The number of aromatic nitrogens is 1. The average molecular weight is 336 g/mol.